The van der Waals surface area contributed by atoms with E-state index in [4.69, 9.17) is 0 Å². The minimum atomic E-state index is -0.175. The first kappa shape index (κ1) is 10.4. The average Bonchev–Trinajstić information content (AvgIpc) is 1.88. The average molecular weight is 154 g/mol. The first-order valence-electron chi connectivity index (χ1n) is 4.16. The summed E-state index contributed by atoms with van der Waals surface area (Å²) in [5.41, 5.74) is -0.175. The van der Waals surface area contributed by atoms with E-state index in [0.717, 1.165) is 12.8 Å². The van der Waals surface area contributed by atoms with Gasteiger partial charge in [-0.05, 0) is 19.8 Å². The smallest absolute Gasteiger partial charge is 0.135 e. The summed E-state index contributed by atoms with van der Waals surface area (Å²) in [6.07, 6.45) is 6.09. The zero-order valence-corrected chi connectivity index (χ0v) is 7.98. The second-order valence-electron chi connectivity index (χ2n) is 3.52. The van der Waals surface area contributed by atoms with Crippen LogP contribution in [0.5, 0.6) is 0 Å². The van der Waals surface area contributed by atoms with Crippen molar-refractivity contribution in [2.45, 2.75) is 40.5 Å². The van der Waals surface area contributed by atoms with Crippen LogP contribution < -0.4 is 0 Å². The summed E-state index contributed by atoms with van der Waals surface area (Å²) in [5, 5.41) is 0. The van der Waals surface area contributed by atoms with Crippen molar-refractivity contribution in [3.05, 3.63) is 12.2 Å². The van der Waals surface area contributed by atoms with E-state index in [9.17, 15) is 4.79 Å². The molecule has 0 bridgehead atoms. The zero-order valence-electron chi connectivity index (χ0n) is 7.98. The lowest BCUT2D eigenvalue weighted by atomic mass is 9.85. The summed E-state index contributed by atoms with van der Waals surface area (Å²) < 4.78 is 0. The third-order valence-corrected chi connectivity index (χ3v) is 1.98. The number of hydrogen-bond donors (Lipinski definition) is 0. The molecule has 0 N–H and O–H groups in total. The van der Waals surface area contributed by atoms with Crippen LogP contribution in [0.15, 0.2) is 12.2 Å². The van der Waals surface area contributed by atoms with Crippen LogP contribution in [0.1, 0.15) is 40.5 Å². The van der Waals surface area contributed by atoms with Crippen molar-refractivity contribution in [3.63, 3.8) is 0 Å². The Bertz CT molecular complexity index is 154. The number of ketones is 1. The highest BCUT2D eigenvalue weighted by Gasteiger charge is 2.21. The van der Waals surface area contributed by atoms with E-state index in [1.807, 2.05) is 13.8 Å². The van der Waals surface area contributed by atoms with Crippen LogP contribution in [0.2, 0.25) is 0 Å². The van der Waals surface area contributed by atoms with Crippen molar-refractivity contribution in [1.29, 1.82) is 0 Å². The highest BCUT2D eigenvalue weighted by Crippen LogP contribution is 2.21. The fraction of sp³-hybridized carbons (Fsp3) is 0.700. The van der Waals surface area contributed by atoms with Gasteiger partial charge in [0.2, 0.25) is 0 Å². The largest absolute Gasteiger partial charge is 0.299 e. The van der Waals surface area contributed by atoms with Gasteiger partial charge in [-0.2, -0.15) is 0 Å². The maximum Gasteiger partial charge on any atom is 0.135 e. The number of Topliss-reactive ketones (excluding diaryl/α,β-unsaturated/α-hetero) is 1. The minimum Gasteiger partial charge on any atom is -0.299 e. The van der Waals surface area contributed by atoms with Gasteiger partial charge >= 0.3 is 0 Å². The molecule has 0 spiro atoms. The van der Waals surface area contributed by atoms with E-state index < -0.39 is 0 Å². The van der Waals surface area contributed by atoms with Gasteiger partial charge in [0.05, 0.1) is 0 Å². The summed E-state index contributed by atoms with van der Waals surface area (Å²) in [6.45, 7) is 7.71. The SMILES string of the molecule is CC/C=C\CC(C)(C)C(C)=O. The van der Waals surface area contributed by atoms with E-state index in [1.54, 1.807) is 6.92 Å². The molecular formula is C10H18O. The molecular weight excluding hydrogens is 136 g/mol. The number of rotatable bonds is 4. The van der Waals surface area contributed by atoms with E-state index in [-0.39, 0.29) is 11.2 Å². The van der Waals surface area contributed by atoms with E-state index in [2.05, 4.69) is 19.1 Å². The third kappa shape index (κ3) is 3.97. The Hall–Kier alpha value is -0.590. The number of carbonyl (C=O) groups is 1. The standard InChI is InChI=1S/C10H18O/c1-5-6-7-8-10(3,4)9(2)11/h6-7H,5,8H2,1-4H3/b7-6-. The molecule has 0 aliphatic carbocycles. The molecule has 0 amide bonds. The van der Waals surface area contributed by atoms with Gasteiger partial charge in [-0.1, -0.05) is 32.9 Å². The lowest BCUT2D eigenvalue weighted by Gasteiger charge is -2.18. The van der Waals surface area contributed by atoms with Crippen LogP contribution in [-0.2, 0) is 4.79 Å². The monoisotopic (exact) mass is 154 g/mol. The van der Waals surface area contributed by atoms with Crippen molar-refractivity contribution >= 4 is 5.78 Å². The lowest BCUT2D eigenvalue weighted by molar-refractivity contribution is -0.124. The van der Waals surface area contributed by atoms with Gasteiger partial charge in [-0.25, -0.2) is 0 Å². The van der Waals surface area contributed by atoms with Gasteiger partial charge in [0.25, 0.3) is 0 Å². The van der Waals surface area contributed by atoms with Crippen LogP contribution in [-0.4, -0.2) is 5.78 Å². The molecule has 0 aromatic carbocycles. The molecule has 0 aromatic rings. The van der Waals surface area contributed by atoms with Crippen molar-refractivity contribution in [2.24, 2.45) is 5.41 Å². The summed E-state index contributed by atoms with van der Waals surface area (Å²) in [5.74, 6) is 0.262. The molecule has 11 heavy (non-hydrogen) atoms. The predicted molar refractivity (Wildman–Crippen MR) is 48.5 cm³/mol. The normalized spacial score (nSPS) is 12.4. The minimum absolute atomic E-state index is 0.175. The molecule has 0 saturated carbocycles. The molecule has 0 aliphatic rings. The molecule has 1 heteroatoms. The molecule has 0 rings (SSSR count). The molecule has 0 saturated heterocycles. The van der Waals surface area contributed by atoms with E-state index in [1.165, 1.54) is 0 Å². The Morgan fingerprint density at radius 3 is 2.27 bits per heavy atom. The molecule has 0 aromatic heterocycles. The van der Waals surface area contributed by atoms with Crippen LogP contribution in [0, 0.1) is 5.41 Å². The Morgan fingerprint density at radius 1 is 1.36 bits per heavy atom. The Labute approximate surface area is 69.5 Å². The summed E-state index contributed by atoms with van der Waals surface area (Å²) in [6, 6.07) is 0. The predicted octanol–water partition coefficient (Wildman–Crippen LogP) is 2.96. The van der Waals surface area contributed by atoms with Gasteiger partial charge in [0, 0.05) is 5.41 Å². The fourth-order valence-electron chi connectivity index (χ4n) is 0.688. The van der Waals surface area contributed by atoms with Gasteiger partial charge < -0.3 is 0 Å². The third-order valence-electron chi connectivity index (χ3n) is 1.98. The Morgan fingerprint density at radius 2 is 1.91 bits per heavy atom. The number of carbonyl (C=O) groups excluding carboxylic acids is 1. The van der Waals surface area contributed by atoms with Crippen molar-refractivity contribution in [1.82, 2.24) is 0 Å². The summed E-state index contributed by atoms with van der Waals surface area (Å²) in [7, 11) is 0. The summed E-state index contributed by atoms with van der Waals surface area (Å²) in [4.78, 5) is 11.0. The molecule has 0 heterocycles. The van der Waals surface area contributed by atoms with Crippen molar-refractivity contribution < 1.29 is 4.79 Å². The zero-order chi connectivity index (χ0) is 8.91. The molecule has 1 nitrogen and oxygen atoms in total. The highest BCUT2D eigenvalue weighted by atomic mass is 16.1. The van der Waals surface area contributed by atoms with Crippen LogP contribution in [0.4, 0.5) is 0 Å². The molecule has 0 unspecified atom stereocenters. The second-order valence-corrected chi connectivity index (χ2v) is 3.52. The quantitative estimate of drug-likeness (QED) is 0.569. The van der Waals surface area contributed by atoms with Gasteiger partial charge in [0.1, 0.15) is 5.78 Å². The van der Waals surface area contributed by atoms with Crippen molar-refractivity contribution in [2.75, 3.05) is 0 Å². The molecule has 64 valence electrons. The lowest BCUT2D eigenvalue weighted by Crippen LogP contribution is -2.19. The van der Waals surface area contributed by atoms with Crippen LogP contribution in [0.3, 0.4) is 0 Å². The summed E-state index contributed by atoms with van der Waals surface area (Å²) >= 11 is 0. The maximum absolute atomic E-state index is 11.0. The number of allylic oxidation sites excluding steroid dienone is 2. The van der Waals surface area contributed by atoms with Gasteiger partial charge in [0.15, 0.2) is 0 Å². The van der Waals surface area contributed by atoms with Gasteiger partial charge in [-0.15, -0.1) is 0 Å². The van der Waals surface area contributed by atoms with Crippen LogP contribution >= 0.6 is 0 Å². The first-order valence-corrected chi connectivity index (χ1v) is 4.16. The van der Waals surface area contributed by atoms with E-state index in [0.29, 0.717) is 0 Å². The van der Waals surface area contributed by atoms with Gasteiger partial charge in [-0.3, -0.25) is 4.79 Å². The topological polar surface area (TPSA) is 17.1 Å². The molecule has 0 fully saturated rings. The fourth-order valence-corrected chi connectivity index (χ4v) is 0.688. The van der Waals surface area contributed by atoms with E-state index >= 15 is 0 Å². The Kier molecular flexibility index (Phi) is 4.09. The Balaban J connectivity index is 3.92. The first-order chi connectivity index (χ1) is 5.00. The van der Waals surface area contributed by atoms with Crippen LogP contribution in [0.25, 0.3) is 0 Å². The highest BCUT2D eigenvalue weighted by molar-refractivity contribution is 5.81. The second kappa shape index (κ2) is 4.32. The maximum atomic E-state index is 11.0. The molecule has 0 atom stereocenters. The molecule has 0 aliphatic heterocycles. The molecule has 0 radical (unpaired) electrons. The number of hydrogen-bond acceptors (Lipinski definition) is 1. The van der Waals surface area contributed by atoms with Crippen molar-refractivity contribution in [3.8, 4) is 0 Å².